The molecule has 1 N–H and O–H groups in total. The van der Waals surface area contributed by atoms with Gasteiger partial charge in [-0.2, -0.15) is 0 Å². The number of aryl methyl sites for hydroxylation is 2. The van der Waals surface area contributed by atoms with Crippen molar-refractivity contribution < 1.29 is 0 Å². The maximum absolute atomic E-state index is 3.61. The minimum atomic E-state index is 0.401. The van der Waals surface area contributed by atoms with Gasteiger partial charge >= 0.3 is 0 Å². The van der Waals surface area contributed by atoms with E-state index >= 15 is 0 Å². The van der Waals surface area contributed by atoms with Crippen LogP contribution in [0.5, 0.6) is 0 Å². The third-order valence-corrected chi connectivity index (χ3v) is 4.90. The Labute approximate surface area is 127 Å². The highest BCUT2D eigenvalue weighted by molar-refractivity contribution is 7.11. The average Bonchev–Trinajstić information content (AvgIpc) is 2.94. The molecule has 0 amide bonds. The van der Waals surface area contributed by atoms with Crippen molar-refractivity contribution in [2.75, 3.05) is 0 Å². The van der Waals surface area contributed by atoms with Gasteiger partial charge in [-0.1, -0.05) is 44.5 Å². The molecular formula is C18H25NS. The standard InChI is InChI=1S/C18H25NS/c1-4-6-15-7-9-16(10-8-15)14(3)19-13-18-12-11-17(5-2)20-18/h7-12,14,19H,4-6,13H2,1-3H3. The van der Waals surface area contributed by atoms with E-state index in [1.807, 2.05) is 11.3 Å². The zero-order chi connectivity index (χ0) is 14.4. The third kappa shape index (κ3) is 4.19. The molecule has 0 bridgehead atoms. The van der Waals surface area contributed by atoms with Crippen LogP contribution < -0.4 is 5.32 Å². The summed E-state index contributed by atoms with van der Waals surface area (Å²) in [6.07, 6.45) is 3.53. The lowest BCUT2D eigenvalue weighted by atomic mass is 10.0. The number of hydrogen-bond donors (Lipinski definition) is 1. The van der Waals surface area contributed by atoms with Gasteiger partial charge in [0.2, 0.25) is 0 Å². The predicted octanol–water partition coefficient (Wildman–Crippen LogP) is 5.11. The predicted molar refractivity (Wildman–Crippen MR) is 89.4 cm³/mol. The van der Waals surface area contributed by atoms with Crippen LogP contribution >= 0.6 is 11.3 Å². The van der Waals surface area contributed by atoms with Crippen molar-refractivity contribution in [3.05, 3.63) is 57.3 Å². The Kier molecular flexibility index (Phi) is 5.81. The largest absolute Gasteiger partial charge is 0.305 e. The number of thiophene rings is 1. The summed E-state index contributed by atoms with van der Waals surface area (Å²) in [4.78, 5) is 2.90. The van der Waals surface area contributed by atoms with Crippen molar-refractivity contribution in [2.24, 2.45) is 0 Å². The first-order valence-corrected chi connectivity index (χ1v) is 8.44. The van der Waals surface area contributed by atoms with E-state index in [0.29, 0.717) is 6.04 Å². The lowest BCUT2D eigenvalue weighted by Crippen LogP contribution is -2.17. The first kappa shape index (κ1) is 15.3. The molecule has 0 spiro atoms. The van der Waals surface area contributed by atoms with Gasteiger partial charge in [0, 0.05) is 22.3 Å². The van der Waals surface area contributed by atoms with E-state index in [9.17, 15) is 0 Å². The fraction of sp³-hybridized carbons (Fsp3) is 0.444. The molecule has 0 fully saturated rings. The van der Waals surface area contributed by atoms with Gasteiger partial charge in [0.05, 0.1) is 0 Å². The zero-order valence-corrected chi connectivity index (χ0v) is 13.6. The van der Waals surface area contributed by atoms with Crippen LogP contribution in [-0.4, -0.2) is 0 Å². The van der Waals surface area contributed by atoms with Crippen molar-refractivity contribution in [1.29, 1.82) is 0 Å². The van der Waals surface area contributed by atoms with E-state index in [1.165, 1.54) is 33.7 Å². The van der Waals surface area contributed by atoms with E-state index in [4.69, 9.17) is 0 Å². The summed E-state index contributed by atoms with van der Waals surface area (Å²) >= 11 is 1.92. The van der Waals surface area contributed by atoms with E-state index in [0.717, 1.165) is 13.0 Å². The molecule has 2 rings (SSSR count). The molecule has 2 heteroatoms. The summed E-state index contributed by atoms with van der Waals surface area (Å²) in [7, 11) is 0. The van der Waals surface area contributed by atoms with Gasteiger partial charge < -0.3 is 5.32 Å². The first-order chi connectivity index (χ1) is 9.72. The van der Waals surface area contributed by atoms with Gasteiger partial charge in [0.25, 0.3) is 0 Å². The van der Waals surface area contributed by atoms with Crippen LogP contribution in [0.2, 0.25) is 0 Å². The molecule has 0 radical (unpaired) electrons. The molecule has 20 heavy (non-hydrogen) atoms. The van der Waals surface area contributed by atoms with Gasteiger partial charge in [0.15, 0.2) is 0 Å². The lowest BCUT2D eigenvalue weighted by molar-refractivity contribution is 0.578. The molecule has 1 unspecified atom stereocenters. The van der Waals surface area contributed by atoms with Gasteiger partial charge in [-0.05, 0) is 43.0 Å². The van der Waals surface area contributed by atoms with E-state index in [2.05, 4.69) is 62.5 Å². The molecule has 1 aromatic carbocycles. The van der Waals surface area contributed by atoms with Gasteiger partial charge in [-0.25, -0.2) is 0 Å². The Bertz CT molecular complexity index is 512. The molecule has 1 nitrogen and oxygen atoms in total. The zero-order valence-electron chi connectivity index (χ0n) is 12.8. The first-order valence-electron chi connectivity index (χ1n) is 7.62. The van der Waals surface area contributed by atoms with Crippen molar-refractivity contribution in [1.82, 2.24) is 5.32 Å². The Morgan fingerprint density at radius 2 is 1.70 bits per heavy atom. The summed E-state index contributed by atoms with van der Waals surface area (Å²) in [6, 6.07) is 13.9. The lowest BCUT2D eigenvalue weighted by Gasteiger charge is -2.14. The molecule has 0 saturated carbocycles. The summed E-state index contributed by atoms with van der Waals surface area (Å²) in [5.41, 5.74) is 2.81. The second-order valence-electron chi connectivity index (χ2n) is 5.32. The highest BCUT2D eigenvalue weighted by Crippen LogP contribution is 2.19. The smallest absolute Gasteiger partial charge is 0.0305 e. The fourth-order valence-corrected chi connectivity index (χ4v) is 3.25. The minimum absolute atomic E-state index is 0.401. The molecule has 1 atom stereocenters. The monoisotopic (exact) mass is 287 g/mol. The molecule has 2 aromatic rings. The number of hydrogen-bond acceptors (Lipinski definition) is 2. The molecule has 0 saturated heterocycles. The highest BCUT2D eigenvalue weighted by Gasteiger charge is 2.06. The Morgan fingerprint density at radius 3 is 2.30 bits per heavy atom. The highest BCUT2D eigenvalue weighted by atomic mass is 32.1. The van der Waals surface area contributed by atoms with Crippen LogP contribution in [-0.2, 0) is 19.4 Å². The molecule has 0 aliphatic heterocycles. The van der Waals surface area contributed by atoms with Crippen molar-refractivity contribution in [3.8, 4) is 0 Å². The fourth-order valence-electron chi connectivity index (χ4n) is 2.34. The third-order valence-electron chi connectivity index (χ3n) is 3.67. The quantitative estimate of drug-likeness (QED) is 0.746. The molecule has 0 aliphatic rings. The Balaban J connectivity index is 1.89. The van der Waals surface area contributed by atoms with Gasteiger partial charge in [-0.15, -0.1) is 11.3 Å². The molecular weight excluding hydrogens is 262 g/mol. The number of nitrogens with one attached hydrogen (secondary N) is 1. The van der Waals surface area contributed by atoms with E-state index < -0.39 is 0 Å². The van der Waals surface area contributed by atoms with Gasteiger partial charge in [0.1, 0.15) is 0 Å². The van der Waals surface area contributed by atoms with Gasteiger partial charge in [-0.3, -0.25) is 0 Å². The van der Waals surface area contributed by atoms with Crippen molar-refractivity contribution in [3.63, 3.8) is 0 Å². The van der Waals surface area contributed by atoms with Crippen LogP contribution in [0.3, 0.4) is 0 Å². The second-order valence-corrected chi connectivity index (χ2v) is 6.57. The molecule has 0 aliphatic carbocycles. The molecule has 1 aromatic heterocycles. The van der Waals surface area contributed by atoms with Crippen molar-refractivity contribution in [2.45, 2.75) is 52.6 Å². The maximum atomic E-state index is 3.61. The summed E-state index contributed by atoms with van der Waals surface area (Å²) in [6.45, 7) is 7.64. The minimum Gasteiger partial charge on any atom is -0.305 e. The van der Waals surface area contributed by atoms with E-state index in [1.54, 1.807) is 0 Å². The average molecular weight is 287 g/mol. The van der Waals surface area contributed by atoms with Crippen molar-refractivity contribution >= 4 is 11.3 Å². The van der Waals surface area contributed by atoms with Crippen LogP contribution in [0, 0.1) is 0 Å². The second kappa shape index (κ2) is 7.61. The van der Waals surface area contributed by atoms with Crippen LogP contribution in [0.15, 0.2) is 36.4 Å². The molecule has 1 heterocycles. The number of benzene rings is 1. The molecule has 108 valence electrons. The summed E-state index contributed by atoms with van der Waals surface area (Å²) in [5, 5.41) is 3.61. The van der Waals surface area contributed by atoms with E-state index in [-0.39, 0.29) is 0 Å². The van der Waals surface area contributed by atoms with Crippen LogP contribution in [0.1, 0.15) is 54.1 Å². The normalized spacial score (nSPS) is 12.6. The Morgan fingerprint density at radius 1 is 1.00 bits per heavy atom. The SMILES string of the molecule is CCCc1ccc(C(C)NCc2ccc(CC)s2)cc1. The Hall–Kier alpha value is -1.12. The van der Waals surface area contributed by atoms with Crippen LogP contribution in [0.4, 0.5) is 0 Å². The number of rotatable bonds is 7. The van der Waals surface area contributed by atoms with Crippen LogP contribution in [0.25, 0.3) is 0 Å². The topological polar surface area (TPSA) is 12.0 Å². The summed E-state index contributed by atoms with van der Waals surface area (Å²) in [5.74, 6) is 0. The summed E-state index contributed by atoms with van der Waals surface area (Å²) < 4.78 is 0. The maximum Gasteiger partial charge on any atom is 0.0305 e.